The Morgan fingerprint density at radius 3 is 0.789 bits per heavy atom. The summed E-state index contributed by atoms with van der Waals surface area (Å²) >= 11 is 22.8. The van der Waals surface area contributed by atoms with E-state index in [-0.39, 0.29) is 22.4 Å². The van der Waals surface area contributed by atoms with Crippen molar-refractivity contribution in [1.82, 2.24) is 19.6 Å². The molecule has 0 aromatic rings. The molecular formula is C10H14AgCl4N4-2. The molecule has 4 nitrogen and oxygen atoms in total. The molecule has 0 N–H and O–H groups in total. The Hall–Kier alpha value is 0.580. The molecule has 0 fully saturated rings. The average Bonchev–Trinajstić information content (AvgIpc) is 2.66. The van der Waals surface area contributed by atoms with Crippen molar-refractivity contribution < 1.29 is 22.4 Å². The van der Waals surface area contributed by atoms with Crippen molar-refractivity contribution in [3.63, 3.8) is 0 Å². The molecule has 0 aromatic heterocycles. The van der Waals surface area contributed by atoms with Gasteiger partial charge in [0.05, 0.1) is 0 Å². The summed E-state index contributed by atoms with van der Waals surface area (Å²) < 4.78 is 0. The van der Waals surface area contributed by atoms with Gasteiger partial charge in [-0.3, -0.25) is 0 Å². The maximum atomic E-state index is 5.71. The smallest absolute Gasteiger partial charge is 0.109 e. The molecule has 0 saturated carbocycles. The third kappa shape index (κ3) is 4.81. The molecule has 0 aliphatic carbocycles. The minimum atomic E-state index is 0. The summed E-state index contributed by atoms with van der Waals surface area (Å²) in [4.78, 5) is 7.02. The summed E-state index contributed by atoms with van der Waals surface area (Å²) in [6, 6.07) is 0. The topological polar surface area (TPSA) is 13.0 Å². The Kier molecular flexibility index (Phi) is 8.38. The molecule has 115 valence electrons. The van der Waals surface area contributed by atoms with E-state index < -0.39 is 0 Å². The van der Waals surface area contributed by atoms with Gasteiger partial charge in [-0.25, -0.2) is 0 Å². The van der Waals surface area contributed by atoms with Gasteiger partial charge in [0.1, 0.15) is 20.6 Å². The van der Waals surface area contributed by atoms with Gasteiger partial charge >= 0.3 is 0 Å². The molecule has 2 heterocycles. The number of hydrogen-bond donors (Lipinski definition) is 0. The Morgan fingerprint density at radius 2 is 0.737 bits per heavy atom. The quantitative estimate of drug-likeness (QED) is 0.326. The van der Waals surface area contributed by atoms with Crippen LogP contribution in [0.1, 0.15) is 0 Å². The molecule has 0 saturated heterocycles. The fourth-order valence-corrected chi connectivity index (χ4v) is 2.01. The van der Waals surface area contributed by atoms with Crippen molar-refractivity contribution in [2.45, 2.75) is 0 Å². The monoisotopic (exact) mass is 437 g/mol. The van der Waals surface area contributed by atoms with Crippen LogP contribution in [0.2, 0.25) is 0 Å². The van der Waals surface area contributed by atoms with Crippen LogP contribution in [-0.2, 0) is 22.4 Å². The first kappa shape index (κ1) is 19.6. The third-order valence-corrected chi connectivity index (χ3v) is 4.25. The largest absolute Gasteiger partial charge is 0.494 e. The van der Waals surface area contributed by atoms with Gasteiger partial charge in [0.2, 0.25) is 0 Å². The summed E-state index contributed by atoms with van der Waals surface area (Å²) in [7, 11) is 7.37. The molecule has 19 heavy (non-hydrogen) atoms. The molecule has 0 atom stereocenters. The van der Waals surface area contributed by atoms with Gasteiger partial charge in [0, 0.05) is 22.4 Å². The first-order valence-corrected chi connectivity index (χ1v) is 6.48. The summed E-state index contributed by atoms with van der Waals surface area (Å²) in [5, 5.41) is 2.27. The fraction of sp³-hybridized carbons (Fsp3) is 0.400. The van der Waals surface area contributed by atoms with Crippen LogP contribution in [0, 0.1) is 13.3 Å². The predicted molar refractivity (Wildman–Crippen MR) is 77.1 cm³/mol. The molecule has 1 radical (unpaired) electrons. The number of rotatable bonds is 0. The Balaban J connectivity index is 0.000000324. The summed E-state index contributed by atoms with van der Waals surface area (Å²) in [5.74, 6) is 0. The van der Waals surface area contributed by atoms with Gasteiger partial charge < -0.3 is 19.6 Å². The van der Waals surface area contributed by atoms with Gasteiger partial charge in [0.25, 0.3) is 0 Å². The first-order chi connectivity index (χ1) is 8.25. The second-order valence-electron chi connectivity index (χ2n) is 3.84. The molecule has 2 aliphatic heterocycles. The zero-order chi connectivity index (χ0) is 14.0. The Bertz CT molecular complexity index is 320. The molecule has 0 unspecified atom stereocenters. The van der Waals surface area contributed by atoms with Crippen LogP contribution >= 0.6 is 46.4 Å². The SMILES string of the molecule is CN1[CH-]N(C)C(Cl)=C1Cl.CN1[CH-]N(C)C(Cl)=C1Cl.[Ag]. The van der Waals surface area contributed by atoms with Gasteiger partial charge in [0.15, 0.2) is 0 Å². The van der Waals surface area contributed by atoms with Crippen LogP contribution in [0.3, 0.4) is 0 Å². The van der Waals surface area contributed by atoms with Gasteiger partial charge in [-0.15, -0.1) is 0 Å². The van der Waals surface area contributed by atoms with Gasteiger partial charge in [-0.2, -0.15) is 13.3 Å². The van der Waals surface area contributed by atoms with Gasteiger partial charge in [-0.1, -0.05) is 46.4 Å². The predicted octanol–water partition coefficient (Wildman–Crippen LogP) is 3.17. The van der Waals surface area contributed by atoms with E-state index in [1.54, 1.807) is 19.6 Å². The zero-order valence-corrected chi connectivity index (χ0v) is 15.3. The van der Waals surface area contributed by atoms with Crippen LogP contribution in [0.4, 0.5) is 0 Å². The maximum Gasteiger partial charge on any atom is 0.109 e. The van der Waals surface area contributed by atoms with E-state index in [0.29, 0.717) is 20.6 Å². The summed E-state index contributed by atoms with van der Waals surface area (Å²) in [5.41, 5.74) is 0. The van der Waals surface area contributed by atoms with Crippen molar-refractivity contribution in [3.05, 3.63) is 34.0 Å². The summed E-state index contributed by atoms with van der Waals surface area (Å²) in [6.45, 7) is 3.62. The minimum absolute atomic E-state index is 0. The molecule has 0 spiro atoms. The molecule has 2 aliphatic rings. The number of nitrogens with zero attached hydrogens (tertiary/aromatic N) is 4. The van der Waals surface area contributed by atoms with Crippen LogP contribution in [-0.4, -0.2) is 47.8 Å². The molecule has 0 aromatic carbocycles. The van der Waals surface area contributed by atoms with Crippen molar-refractivity contribution in [3.8, 4) is 0 Å². The van der Waals surface area contributed by atoms with Crippen molar-refractivity contribution >= 4 is 46.4 Å². The molecule has 0 bridgehead atoms. The number of halogens is 4. The molecule has 0 amide bonds. The Morgan fingerprint density at radius 1 is 0.579 bits per heavy atom. The minimum Gasteiger partial charge on any atom is -0.494 e. The molecule has 9 heteroatoms. The van der Waals surface area contributed by atoms with Crippen LogP contribution < -0.4 is 0 Å². The van der Waals surface area contributed by atoms with E-state index >= 15 is 0 Å². The van der Waals surface area contributed by atoms with E-state index in [9.17, 15) is 0 Å². The molecular weight excluding hydrogens is 426 g/mol. The average molecular weight is 440 g/mol. The molecule has 2 rings (SSSR count). The van der Waals surface area contributed by atoms with Crippen LogP contribution in [0.25, 0.3) is 0 Å². The summed E-state index contributed by atoms with van der Waals surface area (Å²) in [6.07, 6.45) is 0. The Labute approximate surface area is 150 Å². The van der Waals surface area contributed by atoms with Crippen LogP contribution in [0.5, 0.6) is 0 Å². The van der Waals surface area contributed by atoms with E-state index in [1.165, 1.54) is 0 Å². The maximum absolute atomic E-state index is 5.71. The first-order valence-electron chi connectivity index (χ1n) is 4.97. The second kappa shape index (κ2) is 8.13. The van der Waals surface area contributed by atoms with E-state index in [1.807, 2.05) is 41.5 Å². The fourth-order valence-electron chi connectivity index (χ4n) is 1.30. The van der Waals surface area contributed by atoms with Gasteiger partial charge in [-0.05, 0) is 28.2 Å². The van der Waals surface area contributed by atoms with Crippen molar-refractivity contribution in [2.24, 2.45) is 0 Å². The van der Waals surface area contributed by atoms with Crippen LogP contribution in [0.15, 0.2) is 20.6 Å². The second-order valence-corrected chi connectivity index (χ2v) is 5.27. The zero-order valence-electron chi connectivity index (χ0n) is 10.8. The van der Waals surface area contributed by atoms with E-state index in [0.717, 1.165) is 0 Å². The number of hydrogen-bond acceptors (Lipinski definition) is 4. The van der Waals surface area contributed by atoms with E-state index in [2.05, 4.69) is 0 Å². The third-order valence-electron chi connectivity index (χ3n) is 2.27. The van der Waals surface area contributed by atoms with Crippen molar-refractivity contribution in [1.29, 1.82) is 0 Å². The van der Waals surface area contributed by atoms with E-state index in [4.69, 9.17) is 46.4 Å². The standard InChI is InChI=1S/2C5H7Cl2N2.Ag/c2*1-8-3-9(2)5(7)4(8)6;/h2*3H,1-2H3;/q2*-1;. The normalized spacial score (nSPS) is 18.9. The van der Waals surface area contributed by atoms with Crippen molar-refractivity contribution in [2.75, 3.05) is 28.2 Å².